The molecule has 0 aromatic rings. The number of carbonyl (C=O) groups is 2. The highest BCUT2D eigenvalue weighted by Crippen LogP contribution is 2.25. The summed E-state index contributed by atoms with van der Waals surface area (Å²) in [5.41, 5.74) is -0.264. The van der Waals surface area contributed by atoms with Crippen molar-refractivity contribution in [3.8, 4) is 0 Å². The van der Waals surface area contributed by atoms with Gasteiger partial charge in [-0.3, -0.25) is 9.59 Å². The zero-order chi connectivity index (χ0) is 15.6. The standard InChI is InChI=1S/C16H28N2O3/c1-11-14(19)17-13(16(2,3)4)15(20)18(11)9-5-7-12-8-6-10-21-12/h11-13H,5-10H2,1-4H3,(H,17,19). The lowest BCUT2D eigenvalue weighted by Crippen LogP contribution is -2.65. The molecular weight excluding hydrogens is 268 g/mol. The Hall–Kier alpha value is -1.10. The molecule has 2 saturated heterocycles. The normalized spacial score (nSPS) is 30.7. The fourth-order valence-electron chi connectivity index (χ4n) is 3.07. The molecule has 120 valence electrons. The molecule has 0 bridgehead atoms. The van der Waals surface area contributed by atoms with Crippen molar-refractivity contribution in [3.05, 3.63) is 0 Å². The summed E-state index contributed by atoms with van der Waals surface area (Å²) in [5.74, 6) is -0.00594. The lowest BCUT2D eigenvalue weighted by Gasteiger charge is -2.42. The van der Waals surface area contributed by atoms with E-state index in [1.807, 2.05) is 20.8 Å². The number of nitrogens with zero attached hydrogens (tertiary/aromatic N) is 1. The molecule has 2 aliphatic heterocycles. The Kier molecular flexibility index (Phi) is 4.91. The van der Waals surface area contributed by atoms with Crippen molar-refractivity contribution in [1.82, 2.24) is 10.2 Å². The molecule has 0 spiro atoms. The molecule has 0 radical (unpaired) electrons. The zero-order valence-electron chi connectivity index (χ0n) is 13.6. The van der Waals surface area contributed by atoms with Crippen LogP contribution in [-0.2, 0) is 14.3 Å². The molecule has 3 unspecified atom stereocenters. The smallest absolute Gasteiger partial charge is 0.246 e. The van der Waals surface area contributed by atoms with Crippen molar-refractivity contribution in [2.45, 2.75) is 71.6 Å². The second-order valence-corrected chi connectivity index (χ2v) is 7.29. The molecule has 0 aromatic heterocycles. The summed E-state index contributed by atoms with van der Waals surface area (Å²) in [5, 5.41) is 2.86. The second-order valence-electron chi connectivity index (χ2n) is 7.29. The third-order valence-electron chi connectivity index (χ3n) is 4.48. The number of rotatable bonds is 4. The first-order valence-corrected chi connectivity index (χ1v) is 8.03. The number of piperazine rings is 1. The molecule has 2 amide bonds. The fourth-order valence-corrected chi connectivity index (χ4v) is 3.07. The molecule has 3 atom stereocenters. The Morgan fingerprint density at radius 1 is 1.33 bits per heavy atom. The van der Waals surface area contributed by atoms with E-state index in [0.717, 1.165) is 32.3 Å². The van der Waals surface area contributed by atoms with Crippen molar-refractivity contribution in [3.63, 3.8) is 0 Å². The largest absolute Gasteiger partial charge is 0.378 e. The number of ether oxygens (including phenoxy) is 1. The van der Waals surface area contributed by atoms with Crippen molar-refractivity contribution < 1.29 is 14.3 Å². The molecule has 21 heavy (non-hydrogen) atoms. The lowest BCUT2D eigenvalue weighted by molar-refractivity contribution is -0.151. The van der Waals surface area contributed by atoms with Crippen molar-refractivity contribution in [2.75, 3.05) is 13.2 Å². The van der Waals surface area contributed by atoms with Gasteiger partial charge in [0.1, 0.15) is 12.1 Å². The van der Waals surface area contributed by atoms with Crippen LogP contribution in [-0.4, -0.2) is 48.1 Å². The number of nitrogens with one attached hydrogen (secondary N) is 1. The Morgan fingerprint density at radius 3 is 2.62 bits per heavy atom. The minimum atomic E-state index is -0.427. The molecule has 5 nitrogen and oxygen atoms in total. The Bertz CT molecular complexity index is 397. The summed E-state index contributed by atoms with van der Waals surface area (Å²) < 4.78 is 5.61. The molecule has 2 aliphatic rings. The van der Waals surface area contributed by atoms with E-state index in [-0.39, 0.29) is 23.3 Å². The zero-order valence-corrected chi connectivity index (χ0v) is 13.6. The van der Waals surface area contributed by atoms with Crippen molar-refractivity contribution in [2.24, 2.45) is 5.41 Å². The van der Waals surface area contributed by atoms with Gasteiger partial charge in [-0.2, -0.15) is 0 Å². The van der Waals surface area contributed by atoms with Gasteiger partial charge in [-0.1, -0.05) is 20.8 Å². The first-order chi connectivity index (χ1) is 9.80. The Labute approximate surface area is 127 Å². The third-order valence-corrected chi connectivity index (χ3v) is 4.48. The maximum Gasteiger partial charge on any atom is 0.246 e. The number of hydrogen-bond donors (Lipinski definition) is 1. The lowest BCUT2D eigenvalue weighted by atomic mass is 9.84. The molecular formula is C16H28N2O3. The first kappa shape index (κ1) is 16.3. The van der Waals surface area contributed by atoms with E-state index in [1.165, 1.54) is 0 Å². The van der Waals surface area contributed by atoms with Gasteiger partial charge in [0.15, 0.2) is 0 Å². The predicted octanol–water partition coefficient (Wildman–Crippen LogP) is 1.71. The maximum absolute atomic E-state index is 12.6. The van der Waals surface area contributed by atoms with Crippen LogP contribution in [0.2, 0.25) is 0 Å². The maximum atomic E-state index is 12.6. The first-order valence-electron chi connectivity index (χ1n) is 8.03. The number of hydrogen-bond acceptors (Lipinski definition) is 3. The van der Waals surface area contributed by atoms with Gasteiger partial charge in [0.2, 0.25) is 11.8 Å². The van der Waals surface area contributed by atoms with E-state index in [1.54, 1.807) is 11.8 Å². The van der Waals surface area contributed by atoms with Gasteiger partial charge in [0.25, 0.3) is 0 Å². The fraction of sp³-hybridized carbons (Fsp3) is 0.875. The monoisotopic (exact) mass is 296 g/mol. The molecule has 2 rings (SSSR count). The minimum Gasteiger partial charge on any atom is -0.378 e. The van der Waals surface area contributed by atoms with E-state index in [9.17, 15) is 9.59 Å². The third kappa shape index (κ3) is 3.76. The summed E-state index contributed by atoms with van der Waals surface area (Å²) >= 11 is 0. The molecule has 0 aromatic carbocycles. The highest BCUT2D eigenvalue weighted by Gasteiger charge is 2.43. The van der Waals surface area contributed by atoms with Gasteiger partial charge in [0, 0.05) is 13.2 Å². The number of carbonyl (C=O) groups excluding carboxylic acids is 2. The summed E-state index contributed by atoms with van der Waals surface area (Å²) in [6.07, 6.45) is 4.46. The van der Waals surface area contributed by atoms with E-state index < -0.39 is 6.04 Å². The molecule has 1 N–H and O–H groups in total. The highest BCUT2D eigenvalue weighted by atomic mass is 16.5. The van der Waals surface area contributed by atoms with Crippen molar-refractivity contribution >= 4 is 11.8 Å². The molecule has 0 aliphatic carbocycles. The average Bonchev–Trinajstić information content (AvgIpc) is 2.89. The van der Waals surface area contributed by atoms with Crippen LogP contribution in [0.4, 0.5) is 0 Å². The van der Waals surface area contributed by atoms with Crippen LogP contribution in [0.5, 0.6) is 0 Å². The topological polar surface area (TPSA) is 58.6 Å². The van der Waals surface area contributed by atoms with Gasteiger partial charge < -0.3 is 15.0 Å². The molecule has 0 saturated carbocycles. The Balaban J connectivity index is 1.94. The van der Waals surface area contributed by atoms with Gasteiger partial charge in [0.05, 0.1) is 6.10 Å². The predicted molar refractivity (Wildman–Crippen MR) is 80.8 cm³/mol. The molecule has 2 fully saturated rings. The SMILES string of the molecule is CC1C(=O)NC(C(C)(C)C)C(=O)N1CCCC1CCCO1. The van der Waals surface area contributed by atoms with Gasteiger partial charge in [-0.25, -0.2) is 0 Å². The number of amides is 2. The van der Waals surface area contributed by atoms with Gasteiger partial charge in [-0.05, 0) is 38.0 Å². The summed E-state index contributed by atoms with van der Waals surface area (Å²) in [7, 11) is 0. The summed E-state index contributed by atoms with van der Waals surface area (Å²) in [6, 6.07) is -0.801. The quantitative estimate of drug-likeness (QED) is 0.859. The van der Waals surface area contributed by atoms with Gasteiger partial charge in [-0.15, -0.1) is 0 Å². The van der Waals surface area contributed by atoms with Crippen LogP contribution in [0.25, 0.3) is 0 Å². The van der Waals surface area contributed by atoms with Gasteiger partial charge >= 0.3 is 0 Å². The van der Waals surface area contributed by atoms with E-state index in [0.29, 0.717) is 12.6 Å². The summed E-state index contributed by atoms with van der Waals surface area (Å²) in [6.45, 7) is 9.25. The van der Waals surface area contributed by atoms with Crippen molar-refractivity contribution in [1.29, 1.82) is 0 Å². The molecule has 5 heteroatoms. The highest BCUT2D eigenvalue weighted by molar-refractivity contribution is 5.97. The van der Waals surface area contributed by atoms with Crippen LogP contribution >= 0.6 is 0 Å². The summed E-state index contributed by atoms with van der Waals surface area (Å²) in [4.78, 5) is 26.5. The minimum absolute atomic E-state index is 0.0435. The van der Waals surface area contributed by atoms with E-state index in [4.69, 9.17) is 4.74 Å². The van der Waals surface area contributed by atoms with Crippen LogP contribution in [0.1, 0.15) is 53.4 Å². The van der Waals surface area contributed by atoms with E-state index in [2.05, 4.69) is 5.32 Å². The van der Waals surface area contributed by atoms with Crippen LogP contribution in [0, 0.1) is 5.41 Å². The average molecular weight is 296 g/mol. The van der Waals surface area contributed by atoms with Crippen LogP contribution < -0.4 is 5.32 Å². The second kappa shape index (κ2) is 6.34. The molecule has 2 heterocycles. The van der Waals surface area contributed by atoms with Crippen LogP contribution in [0.15, 0.2) is 0 Å². The van der Waals surface area contributed by atoms with Crippen LogP contribution in [0.3, 0.4) is 0 Å². The Morgan fingerprint density at radius 2 is 2.05 bits per heavy atom. The van der Waals surface area contributed by atoms with E-state index >= 15 is 0 Å².